The molecule has 0 aromatic carbocycles. The van der Waals surface area contributed by atoms with E-state index in [0.29, 0.717) is 32.1 Å². The molecule has 4 fully saturated rings. The summed E-state index contributed by atoms with van der Waals surface area (Å²) in [5.41, 5.74) is -3.75. The molecule has 1 aliphatic heterocycles. The van der Waals surface area contributed by atoms with Crippen molar-refractivity contribution in [2.75, 3.05) is 0 Å². The standard InChI is InChI=1S/C30H48O7/c1-25(2,33)11-10-24(32)29(7,34)23-9-13-30(35)18-14-20(31)19-15-21-22(37-26(3,4)36-21)16-27(19,5)17(18)8-12-28(23,30)6/h14,17,19,21-24,32-35H,8-13,15-16H2,1-7H3/t17?,19-,21+,22-,23?,24+,27+,28+,29-,30-/m0/s1. The Morgan fingerprint density at radius 2 is 1.68 bits per heavy atom. The van der Waals surface area contributed by atoms with Crippen molar-refractivity contribution in [1.82, 2.24) is 0 Å². The molecule has 0 amide bonds. The molecule has 0 radical (unpaired) electrons. The highest BCUT2D eigenvalue weighted by molar-refractivity contribution is 5.95. The number of hydrogen-bond acceptors (Lipinski definition) is 7. The van der Waals surface area contributed by atoms with E-state index in [9.17, 15) is 25.2 Å². The summed E-state index contributed by atoms with van der Waals surface area (Å²) in [5.74, 6) is -1.02. The van der Waals surface area contributed by atoms with Gasteiger partial charge in [-0.1, -0.05) is 13.8 Å². The van der Waals surface area contributed by atoms with Crippen molar-refractivity contribution in [3.8, 4) is 0 Å². The van der Waals surface area contributed by atoms with Crippen molar-refractivity contribution < 1.29 is 34.7 Å². The second-order valence-electron chi connectivity index (χ2n) is 14.8. The largest absolute Gasteiger partial charge is 0.390 e. The first-order chi connectivity index (χ1) is 16.8. The Labute approximate surface area is 221 Å². The number of ether oxygens (including phenoxy) is 2. The van der Waals surface area contributed by atoms with Gasteiger partial charge in [0, 0.05) is 11.3 Å². The van der Waals surface area contributed by atoms with E-state index in [0.717, 1.165) is 18.4 Å². The van der Waals surface area contributed by atoms with Crippen molar-refractivity contribution in [3.05, 3.63) is 11.6 Å². The molecule has 2 unspecified atom stereocenters. The normalized spacial score (nSPS) is 47.3. The van der Waals surface area contributed by atoms with Gasteiger partial charge in [0.15, 0.2) is 11.6 Å². The van der Waals surface area contributed by atoms with Crippen LogP contribution in [-0.2, 0) is 14.3 Å². The summed E-state index contributed by atoms with van der Waals surface area (Å²) < 4.78 is 12.4. The minimum atomic E-state index is -1.43. The van der Waals surface area contributed by atoms with Gasteiger partial charge in [0.05, 0.1) is 35.1 Å². The third kappa shape index (κ3) is 4.10. The Hall–Kier alpha value is -0.830. The second-order valence-corrected chi connectivity index (χ2v) is 14.8. The smallest absolute Gasteiger partial charge is 0.163 e. The minimum Gasteiger partial charge on any atom is -0.390 e. The molecule has 210 valence electrons. The average Bonchev–Trinajstić information content (AvgIpc) is 3.21. The van der Waals surface area contributed by atoms with Gasteiger partial charge in [-0.15, -0.1) is 0 Å². The van der Waals surface area contributed by atoms with E-state index in [1.165, 1.54) is 0 Å². The average molecular weight is 521 g/mol. The predicted octanol–water partition coefficient (Wildman–Crippen LogP) is 3.65. The van der Waals surface area contributed by atoms with Gasteiger partial charge >= 0.3 is 0 Å². The highest BCUT2D eigenvalue weighted by Crippen LogP contribution is 2.69. The van der Waals surface area contributed by atoms with Gasteiger partial charge in [-0.25, -0.2) is 0 Å². The van der Waals surface area contributed by atoms with E-state index in [1.54, 1.807) is 26.8 Å². The number of aliphatic hydroxyl groups excluding tert-OH is 1. The van der Waals surface area contributed by atoms with Gasteiger partial charge in [-0.2, -0.15) is 0 Å². The van der Waals surface area contributed by atoms with Crippen LogP contribution in [0.5, 0.6) is 0 Å². The molecule has 5 rings (SSSR count). The lowest BCUT2D eigenvalue weighted by Crippen LogP contribution is -2.62. The zero-order valence-corrected chi connectivity index (χ0v) is 23.7. The van der Waals surface area contributed by atoms with Crippen LogP contribution in [0.3, 0.4) is 0 Å². The summed E-state index contributed by atoms with van der Waals surface area (Å²) in [6.07, 6.45) is 5.11. The summed E-state index contributed by atoms with van der Waals surface area (Å²) in [4.78, 5) is 13.6. The van der Waals surface area contributed by atoms with Crippen LogP contribution in [0.25, 0.3) is 0 Å². The van der Waals surface area contributed by atoms with Gasteiger partial charge in [-0.3, -0.25) is 4.79 Å². The molecule has 3 saturated carbocycles. The van der Waals surface area contributed by atoms with Crippen LogP contribution >= 0.6 is 0 Å². The maximum Gasteiger partial charge on any atom is 0.163 e. The number of carbonyl (C=O) groups excluding carboxylic acids is 1. The van der Waals surface area contributed by atoms with E-state index in [1.807, 2.05) is 20.8 Å². The molecule has 10 atom stereocenters. The fraction of sp³-hybridized carbons (Fsp3) is 0.900. The zero-order valence-electron chi connectivity index (χ0n) is 23.7. The molecule has 4 aliphatic carbocycles. The van der Waals surface area contributed by atoms with E-state index in [-0.39, 0.29) is 47.6 Å². The SMILES string of the molecule is CC(C)(O)CC[C@@H](O)[C@@](C)(O)C1CC[C@]2(O)C3=CC(=O)[C@@H]4C[C@H]5OC(C)(C)O[C@H]5C[C@]4(C)C3CC[C@]12C. The Balaban J connectivity index is 1.44. The highest BCUT2D eigenvalue weighted by atomic mass is 16.7. The molecule has 0 aromatic heterocycles. The Morgan fingerprint density at radius 3 is 2.32 bits per heavy atom. The molecule has 0 bridgehead atoms. The molecular formula is C30H48O7. The summed E-state index contributed by atoms with van der Waals surface area (Å²) in [5, 5.41) is 45.3. The maximum atomic E-state index is 13.6. The van der Waals surface area contributed by atoms with Gasteiger partial charge in [0.25, 0.3) is 0 Å². The van der Waals surface area contributed by atoms with Crippen LogP contribution < -0.4 is 0 Å². The van der Waals surface area contributed by atoms with Gasteiger partial charge < -0.3 is 29.9 Å². The van der Waals surface area contributed by atoms with E-state index in [4.69, 9.17) is 9.47 Å². The van der Waals surface area contributed by atoms with Crippen molar-refractivity contribution in [1.29, 1.82) is 0 Å². The van der Waals surface area contributed by atoms with Crippen LogP contribution in [0.15, 0.2) is 11.6 Å². The van der Waals surface area contributed by atoms with Crippen LogP contribution in [0, 0.1) is 28.6 Å². The number of fused-ring (bicyclic) bond motifs is 6. The predicted molar refractivity (Wildman–Crippen MR) is 138 cm³/mol. The zero-order chi connectivity index (χ0) is 27.4. The second kappa shape index (κ2) is 8.34. The van der Waals surface area contributed by atoms with Crippen molar-refractivity contribution >= 4 is 5.78 Å². The first-order valence-corrected chi connectivity index (χ1v) is 14.3. The fourth-order valence-electron chi connectivity index (χ4n) is 9.28. The number of aliphatic hydroxyl groups is 4. The monoisotopic (exact) mass is 520 g/mol. The number of allylic oxidation sites excluding steroid dienone is 1. The number of hydrogen-bond donors (Lipinski definition) is 4. The fourth-order valence-corrected chi connectivity index (χ4v) is 9.28. The molecule has 5 aliphatic rings. The summed E-state index contributed by atoms with van der Waals surface area (Å²) in [7, 11) is 0. The summed E-state index contributed by atoms with van der Waals surface area (Å²) >= 11 is 0. The molecule has 7 nitrogen and oxygen atoms in total. The first-order valence-electron chi connectivity index (χ1n) is 14.3. The quantitative estimate of drug-likeness (QED) is 0.437. The summed E-state index contributed by atoms with van der Waals surface area (Å²) in [6, 6.07) is 0. The maximum absolute atomic E-state index is 13.6. The van der Waals surface area contributed by atoms with Crippen LogP contribution in [0.2, 0.25) is 0 Å². The lowest BCUT2D eigenvalue weighted by Gasteiger charge is -2.60. The third-order valence-corrected chi connectivity index (χ3v) is 11.4. The molecule has 4 N–H and O–H groups in total. The molecular weight excluding hydrogens is 472 g/mol. The lowest BCUT2D eigenvalue weighted by molar-refractivity contribution is -0.174. The molecule has 1 saturated heterocycles. The highest BCUT2D eigenvalue weighted by Gasteiger charge is 2.69. The van der Waals surface area contributed by atoms with E-state index < -0.39 is 34.1 Å². The van der Waals surface area contributed by atoms with E-state index >= 15 is 0 Å². The molecule has 1 heterocycles. The first kappa shape index (κ1) is 27.7. The minimum absolute atomic E-state index is 0.0605. The lowest BCUT2D eigenvalue weighted by atomic mass is 9.45. The van der Waals surface area contributed by atoms with Crippen molar-refractivity contribution in [2.45, 2.75) is 141 Å². The molecule has 0 aromatic rings. The topological polar surface area (TPSA) is 116 Å². The van der Waals surface area contributed by atoms with Crippen LogP contribution in [0.1, 0.15) is 99.8 Å². The van der Waals surface area contributed by atoms with Crippen molar-refractivity contribution in [3.63, 3.8) is 0 Å². The number of carbonyl (C=O) groups is 1. The van der Waals surface area contributed by atoms with Crippen molar-refractivity contribution in [2.24, 2.45) is 28.6 Å². The van der Waals surface area contributed by atoms with Crippen LogP contribution in [-0.4, -0.2) is 67.1 Å². The molecule has 7 heteroatoms. The molecule has 0 spiro atoms. The summed E-state index contributed by atoms with van der Waals surface area (Å²) in [6.45, 7) is 13.2. The third-order valence-electron chi connectivity index (χ3n) is 11.4. The van der Waals surface area contributed by atoms with E-state index in [2.05, 4.69) is 6.92 Å². The number of ketones is 1. The Kier molecular flexibility index (Phi) is 6.25. The van der Waals surface area contributed by atoms with Gasteiger partial charge in [-0.05, 0) is 115 Å². The number of rotatable bonds is 5. The van der Waals surface area contributed by atoms with Crippen LogP contribution in [0.4, 0.5) is 0 Å². The Morgan fingerprint density at radius 1 is 1.03 bits per heavy atom. The van der Waals surface area contributed by atoms with Gasteiger partial charge in [0.1, 0.15) is 0 Å². The van der Waals surface area contributed by atoms with Gasteiger partial charge in [0.2, 0.25) is 0 Å². The molecule has 37 heavy (non-hydrogen) atoms. The Bertz CT molecular complexity index is 979.